The van der Waals surface area contributed by atoms with Crippen LogP contribution in [-0.4, -0.2) is 36.3 Å². The second kappa shape index (κ2) is 6.40. The summed E-state index contributed by atoms with van der Waals surface area (Å²) in [5.74, 6) is 2.18. The number of hydrogen-bond donors (Lipinski definition) is 0. The summed E-state index contributed by atoms with van der Waals surface area (Å²) in [6.45, 7) is 3.82. The van der Waals surface area contributed by atoms with Gasteiger partial charge in [0.1, 0.15) is 18.6 Å². The summed E-state index contributed by atoms with van der Waals surface area (Å²) in [7, 11) is 0. The summed E-state index contributed by atoms with van der Waals surface area (Å²) >= 11 is 1.80. The summed E-state index contributed by atoms with van der Waals surface area (Å²) in [5, 5.41) is 0.0541. The molecule has 5 heteroatoms. The van der Waals surface area contributed by atoms with Crippen LogP contribution in [0.2, 0.25) is 0 Å². The molecule has 0 saturated carbocycles. The molecule has 1 saturated heterocycles. The fourth-order valence-corrected chi connectivity index (χ4v) is 4.34. The fraction of sp³-hybridized carbons (Fsp3) is 0.316. The number of thioether (sulfide) groups is 1. The molecule has 2 heterocycles. The number of amides is 1. The van der Waals surface area contributed by atoms with Crippen LogP contribution in [-0.2, 0) is 0 Å². The third-order valence-corrected chi connectivity index (χ3v) is 5.57. The van der Waals surface area contributed by atoms with Gasteiger partial charge >= 0.3 is 0 Å². The molecular weight excluding hydrogens is 322 g/mol. The van der Waals surface area contributed by atoms with Crippen LogP contribution in [0.25, 0.3) is 0 Å². The first-order chi connectivity index (χ1) is 11.7. The van der Waals surface area contributed by atoms with Gasteiger partial charge in [0.05, 0.1) is 5.56 Å². The van der Waals surface area contributed by atoms with Gasteiger partial charge in [-0.15, -0.1) is 11.8 Å². The number of para-hydroxylation sites is 1. The molecule has 4 nitrogen and oxygen atoms in total. The fourth-order valence-electron chi connectivity index (χ4n) is 3.08. The Kier molecular flexibility index (Phi) is 4.10. The van der Waals surface area contributed by atoms with Gasteiger partial charge in [-0.05, 0) is 24.6 Å². The van der Waals surface area contributed by atoms with E-state index in [0.717, 1.165) is 12.3 Å². The van der Waals surface area contributed by atoms with Crippen LogP contribution in [0.4, 0.5) is 0 Å². The molecule has 0 radical (unpaired) electrons. The van der Waals surface area contributed by atoms with Crippen LogP contribution < -0.4 is 9.47 Å². The van der Waals surface area contributed by atoms with Gasteiger partial charge in [-0.1, -0.05) is 35.9 Å². The van der Waals surface area contributed by atoms with E-state index in [1.807, 2.05) is 23.1 Å². The lowest BCUT2D eigenvalue weighted by atomic mass is 10.1. The van der Waals surface area contributed by atoms with Gasteiger partial charge in [0.15, 0.2) is 11.5 Å². The van der Waals surface area contributed by atoms with E-state index in [-0.39, 0.29) is 11.3 Å². The lowest BCUT2D eigenvalue weighted by Gasteiger charge is -2.27. The van der Waals surface area contributed by atoms with E-state index in [2.05, 4.69) is 31.2 Å². The lowest BCUT2D eigenvalue weighted by molar-refractivity contribution is 0.0749. The highest BCUT2D eigenvalue weighted by Gasteiger charge is 2.33. The van der Waals surface area contributed by atoms with Crippen molar-refractivity contribution in [1.82, 2.24) is 4.90 Å². The van der Waals surface area contributed by atoms with Crippen LogP contribution in [0.1, 0.15) is 26.9 Å². The average molecular weight is 341 g/mol. The minimum Gasteiger partial charge on any atom is -0.486 e. The average Bonchev–Trinajstić information content (AvgIpc) is 3.11. The monoisotopic (exact) mass is 341 g/mol. The van der Waals surface area contributed by atoms with Crippen molar-refractivity contribution in [2.24, 2.45) is 0 Å². The number of carbonyl (C=O) groups is 1. The van der Waals surface area contributed by atoms with Crippen molar-refractivity contribution >= 4 is 17.7 Å². The van der Waals surface area contributed by atoms with Gasteiger partial charge in [0, 0.05) is 12.3 Å². The molecule has 24 heavy (non-hydrogen) atoms. The van der Waals surface area contributed by atoms with Crippen molar-refractivity contribution in [1.29, 1.82) is 0 Å². The number of hydrogen-bond acceptors (Lipinski definition) is 4. The van der Waals surface area contributed by atoms with Gasteiger partial charge in [0.25, 0.3) is 5.91 Å². The van der Waals surface area contributed by atoms with E-state index in [0.29, 0.717) is 30.3 Å². The number of ether oxygens (including phenoxy) is 2. The standard InChI is InChI=1S/C19H19NO3S/c1-13-5-7-14(8-6-13)19-20(9-12-24-19)18(21)15-3-2-4-16-17(15)23-11-10-22-16/h2-8,19H,9-12H2,1H3. The Morgan fingerprint density at radius 2 is 1.92 bits per heavy atom. The van der Waals surface area contributed by atoms with Crippen LogP contribution in [0.3, 0.4) is 0 Å². The third-order valence-electron chi connectivity index (χ3n) is 4.31. The zero-order valence-corrected chi connectivity index (χ0v) is 14.3. The Labute approximate surface area is 145 Å². The highest BCUT2D eigenvalue weighted by Crippen LogP contribution is 2.41. The van der Waals surface area contributed by atoms with Gasteiger partial charge in [-0.2, -0.15) is 0 Å². The second-order valence-corrected chi connectivity index (χ2v) is 7.15. The summed E-state index contributed by atoms with van der Waals surface area (Å²) < 4.78 is 11.3. The van der Waals surface area contributed by atoms with Gasteiger partial charge < -0.3 is 14.4 Å². The van der Waals surface area contributed by atoms with E-state index in [1.54, 1.807) is 11.8 Å². The molecule has 1 atom stereocenters. The van der Waals surface area contributed by atoms with Crippen LogP contribution in [0, 0.1) is 6.92 Å². The van der Waals surface area contributed by atoms with Crippen molar-refractivity contribution in [3.8, 4) is 11.5 Å². The van der Waals surface area contributed by atoms with Gasteiger partial charge in [-0.3, -0.25) is 4.79 Å². The van der Waals surface area contributed by atoms with E-state index >= 15 is 0 Å². The number of fused-ring (bicyclic) bond motifs is 1. The molecule has 1 fully saturated rings. The van der Waals surface area contributed by atoms with Crippen molar-refractivity contribution < 1.29 is 14.3 Å². The van der Waals surface area contributed by atoms with Crippen molar-refractivity contribution in [3.63, 3.8) is 0 Å². The Morgan fingerprint density at radius 1 is 1.12 bits per heavy atom. The number of benzene rings is 2. The number of nitrogens with zero attached hydrogens (tertiary/aromatic N) is 1. The highest BCUT2D eigenvalue weighted by atomic mass is 32.2. The topological polar surface area (TPSA) is 38.8 Å². The summed E-state index contributed by atoms with van der Waals surface area (Å²) in [6, 6.07) is 13.9. The highest BCUT2D eigenvalue weighted by molar-refractivity contribution is 7.99. The van der Waals surface area contributed by atoms with Crippen LogP contribution in [0.5, 0.6) is 11.5 Å². The molecule has 2 aromatic carbocycles. The maximum atomic E-state index is 13.1. The van der Waals surface area contributed by atoms with E-state index in [9.17, 15) is 4.79 Å². The molecule has 1 unspecified atom stereocenters. The summed E-state index contributed by atoms with van der Waals surface area (Å²) in [5.41, 5.74) is 2.98. The van der Waals surface area contributed by atoms with E-state index < -0.39 is 0 Å². The second-order valence-electron chi connectivity index (χ2n) is 5.96. The SMILES string of the molecule is Cc1ccc(C2SCCN2C(=O)c2cccc3c2OCCO3)cc1. The Bertz CT molecular complexity index is 760. The number of rotatable bonds is 2. The van der Waals surface area contributed by atoms with Gasteiger partial charge in [-0.25, -0.2) is 0 Å². The summed E-state index contributed by atoms with van der Waals surface area (Å²) in [4.78, 5) is 15.1. The Morgan fingerprint density at radius 3 is 2.75 bits per heavy atom. The Balaban J connectivity index is 1.65. The number of carbonyl (C=O) groups excluding carboxylic acids is 1. The van der Waals surface area contributed by atoms with Gasteiger partial charge in [0.2, 0.25) is 0 Å². The molecule has 124 valence electrons. The maximum absolute atomic E-state index is 13.1. The van der Waals surface area contributed by atoms with Crippen LogP contribution in [0.15, 0.2) is 42.5 Å². The molecule has 2 aromatic rings. The zero-order chi connectivity index (χ0) is 16.5. The maximum Gasteiger partial charge on any atom is 0.258 e. The first kappa shape index (κ1) is 15.4. The quantitative estimate of drug-likeness (QED) is 0.836. The normalized spacial score (nSPS) is 19.4. The van der Waals surface area contributed by atoms with Crippen LogP contribution >= 0.6 is 11.8 Å². The minimum absolute atomic E-state index is 0.00734. The van der Waals surface area contributed by atoms with Crippen molar-refractivity contribution in [3.05, 3.63) is 59.2 Å². The molecule has 1 amide bonds. The smallest absolute Gasteiger partial charge is 0.258 e. The Hall–Kier alpha value is -2.14. The third kappa shape index (κ3) is 2.73. The minimum atomic E-state index is 0.00734. The first-order valence-electron chi connectivity index (χ1n) is 8.12. The molecule has 0 N–H and O–H groups in total. The summed E-state index contributed by atoms with van der Waals surface area (Å²) in [6.07, 6.45) is 0. The predicted molar refractivity (Wildman–Crippen MR) is 94.8 cm³/mol. The van der Waals surface area contributed by atoms with E-state index in [1.165, 1.54) is 11.1 Å². The lowest BCUT2D eigenvalue weighted by Crippen LogP contribution is -2.31. The zero-order valence-electron chi connectivity index (χ0n) is 13.5. The molecular formula is C19H19NO3S. The molecule has 2 aliphatic heterocycles. The molecule has 0 aliphatic carbocycles. The van der Waals surface area contributed by atoms with E-state index in [4.69, 9.17) is 9.47 Å². The number of aryl methyl sites for hydroxylation is 1. The molecule has 4 rings (SSSR count). The first-order valence-corrected chi connectivity index (χ1v) is 9.16. The molecule has 0 aromatic heterocycles. The predicted octanol–water partition coefficient (Wildman–Crippen LogP) is 3.65. The van der Waals surface area contributed by atoms with Crippen molar-refractivity contribution in [2.45, 2.75) is 12.3 Å². The molecule has 0 bridgehead atoms. The molecule has 2 aliphatic rings. The largest absolute Gasteiger partial charge is 0.486 e. The van der Waals surface area contributed by atoms with Crippen molar-refractivity contribution in [2.75, 3.05) is 25.5 Å². The molecule has 0 spiro atoms.